The molecule has 1 saturated carbocycles. The van der Waals surface area contributed by atoms with Gasteiger partial charge in [-0.15, -0.1) is 0 Å². The number of unbranched alkanes of at least 4 members (excludes halogenated alkanes) is 2. The largest absolute Gasteiger partial charge is 0.478 e. The molecule has 0 aromatic carbocycles. The van der Waals surface area contributed by atoms with Crippen molar-refractivity contribution in [2.24, 2.45) is 17.8 Å². The Bertz CT molecular complexity index is 469. The summed E-state index contributed by atoms with van der Waals surface area (Å²) in [6, 6.07) is 0. The second kappa shape index (κ2) is 12.3. The lowest BCUT2D eigenvalue weighted by atomic mass is 9.85. The molecule has 0 saturated heterocycles. The minimum atomic E-state index is -0.855. The van der Waals surface area contributed by atoms with Gasteiger partial charge in [0.1, 0.15) is 5.78 Å². The number of rotatable bonds is 13. The minimum Gasteiger partial charge on any atom is -0.478 e. The Morgan fingerprint density at radius 2 is 1.96 bits per heavy atom. The van der Waals surface area contributed by atoms with Crippen LogP contribution in [-0.4, -0.2) is 28.1 Å². The van der Waals surface area contributed by atoms with Crippen LogP contribution in [0.4, 0.5) is 0 Å². The molecule has 0 radical (unpaired) electrons. The van der Waals surface area contributed by atoms with Crippen LogP contribution in [0.25, 0.3) is 0 Å². The standard InChI is InChI=1S/C22H38O4/c1-4-9-16(2)20(23)13-8-11-18-14-15-21(24)19(18)12-7-5-6-10-17(3)22(25)26/h10,16,18-20,23H,4-9,11-15H2,1-3H3,(H,25,26)/t16?,18-,19+,20?/m0/s1. The Morgan fingerprint density at radius 1 is 1.23 bits per heavy atom. The maximum atomic E-state index is 12.2. The van der Waals surface area contributed by atoms with E-state index in [4.69, 9.17) is 5.11 Å². The third kappa shape index (κ3) is 8.03. The Hall–Kier alpha value is -1.16. The third-order valence-corrected chi connectivity index (χ3v) is 5.98. The van der Waals surface area contributed by atoms with Gasteiger partial charge in [-0.05, 0) is 63.7 Å². The highest BCUT2D eigenvalue weighted by Gasteiger charge is 2.33. The quantitative estimate of drug-likeness (QED) is 0.349. The summed E-state index contributed by atoms with van der Waals surface area (Å²) in [5.41, 5.74) is 0.399. The molecule has 1 rings (SSSR count). The molecule has 0 aromatic rings. The maximum absolute atomic E-state index is 12.2. The second-order valence-electron chi connectivity index (χ2n) is 8.11. The highest BCUT2D eigenvalue weighted by molar-refractivity contribution is 5.85. The summed E-state index contributed by atoms with van der Waals surface area (Å²) < 4.78 is 0. The van der Waals surface area contributed by atoms with Gasteiger partial charge < -0.3 is 10.2 Å². The summed E-state index contributed by atoms with van der Waals surface area (Å²) >= 11 is 0. The van der Waals surface area contributed by atoms with Crippen LogP contribution in [-0.2, 0) is 9.59 Å². The summed E-state index contributed by atoms with van der Waals surface area (Å²) in [5.74, 6) is 0.583. The molecule has 2 N–H and O–H groups in total. The molecule has 1 fully saturated rings. The van der Waals surface area contributed by atoms with E-state index in [1.165, 1.54) is 0 Å². The van der Waals surface area contributed by atoms with Crippen molar-refractivity contribution in [1.82, 2.24) is 0 Å². The van der Waals surface area contributed by atoms with Gasteiger partial charge in [0.05, 0.1) is 6.10 Å². The van der Waals surface area contributed by atoms with Crippen LogP contribution in [0.1, 0.15) is 91.4 Å². The van der Waals surface area contributed by atoms with E-state index in [9.17, 15) is 14.7 Å². The lowest BCUT2D eigenvalue weighted by Gasteiger charge is -2.21. The topological polar surface area (TPSA) is 74.6 Å². The molecule has 0 heterocycles. The van der Waals surface area contributed by atoms with Gasteiger partial charge in [-0.3, -0.25) is 4.79 Å². The molecule has 150 valence electrons. The lowest BCUT2D eigenvalue weighted by Crippen LogP contribution is -2.19. The average Bonchev–Trinajstić information content (AvgIpc) is 2.94. The van der Waals surface area contributed by atoms with Crippen LogP contribution in [0.2, 0.25) is 0 Å². The molecule has 1 aliphatic rings. The number of carboxylic acid groups (broad SMARTS) is 1. The fourth-order valence-electron chi connectivity index (χ4n) is 4.16. The van der Waals surface area contributed by atoms with E-state index >= 15 is 0 Å². The van der Waals surface area contributed by atoms with Gasteiger partial charge >= 0.3 is 5.97 Å². The highest BCUT2D eigenvalue weighted by Crippen LogP contribution is 2.36. The van der Waals surface area contributed by atoms with Crippen molar-refractivity contribution in [2.45, 2.75) is 97.5 Å². The molecular formula is C22H38O4. The number of aliphatic hydroxyl groups excluding tert-OH is 1. The Morgan fingerprint density at radius 3 is 2.62 bits per heavy atom. The van der Waals surface area contributed by atoms with Crippen LogP contribution >= 0.6 is 0 Å². The molecule has 0 aromatic heterocycles. The predicted molar refractivity (Wildman–Crippen MR) is 105 cm³/mol. The molecule has 1 aliphatic carbocycles. The van der Waals surface area contributed by atoms with Crippen molar-refractivity contribution in [1.29, 1.82) is 0 Å². The van der Waals surface area contributed by atoms with Crippen LogP contribution in [0.15, 0.2) is 11.6 Å². The van der Waals surface area contributed by atoms with E-state index in [1.807, 2.05) is 0 Å². The number of aliphatic carboxylic acids is 1. The first-order valence-electron chi connectivity index (χ1n) is 10.5. The monoisotopic (exact) mass is 366 g/mol. The number of carbonyl (C=O) groups excluding carboxylic acids is 1. The van der Waals surface area contributed by atoms with E-state index in [0.29, 0.717) is 29.6 Å². The van der Waals surface area contributed by atoms with Crippen LogP contribution < -0.4 is 0 Å². The Balaban J connectivity index is 2.30. The molecule has 0 spiro atoms. The van der Waals surface area contributed by atoms with Crippen LogP contribution in [0.3, 0.4) is 0 Å². The zero-order valence-corrected chi connectivity index (χ0v) is 16.9. The molecule has 0 aliphatic heterocycles. The minimum absolute atomic E-state index is 0.185. The number of hydrogen-bond acceptors (Lipinski definition) is 3. The van der Waals surface area contributed by atoms with Crippen LogP contribution in [0, 0.1) is 17.8 Å². The Labute approximate surface area is 159 Å². The zero-order chi connectivity index (χ0) is 19.5. The third-order valence-electron chi connectivity index (χ3n) is 5.98. The molecule has 4 heteroatoms. The lowest BCUT2D eigenvalue weighted by molar-refractivity contribution is -0.132. The van der Waals surface area contributed by atoms with E-state index in [1.54, 1.807) is 13.0 Å². The van der Waals surface area contributed by atoms with Crippen molar-refractivity contribution in [2.75, 3.05) is 0 Å². The van der Waals surface area contributed by atoms with Gasteiger partial charge in [-0.2, -0.15) is 0 Å². The summed E-state index contributed by atoms with van der Waals surface area (Å²) in [7, 11) is 0. The zero-order valence-electron chi connectivity index (χ0n) is 16.9. The van der Waals surface area contributed by atoms with Gasteiger partial charge in [0, 0.05) is 17.9 Å². The Kier molecular flexibility index (Phi) is 10.8. The predicted octanol–water partition coefficient (Wildman–Crippen LogP) is 5.14. The molecule has 4 atom stereocenters. The van der Waals surface area contributed by atoms with E-state index in [0.717, 1.165) is 64.2 Å². The second-order valence-corrected chi connectivity index (χ2v) is 8.11. The molecule has 0 bridgehead atoms. The summed E-state index contributed by atoms with van der Waals surface area (Å²) in [4.78, 5) is 23.0. The normalized spacial score (nSPS) is 23.2. The first-order valence-corrected chi connectivity index (χ1v) is 10.5. The van der Waals surface area contributed by atoms with Gasteiger partial charge in [0.25, 0.3) is 0 Å². The average molecular weight is 367 g/mol. The van der Waals surface area contributed by atoms with Gasteiger partial charge in [0.15, 0.2) is 0 Å². The van der Waals surface area contributed by atoms with Crippen molar-refractivity contribution >= 4 is 11.8 Å². The molecule has 4 nitrogen and oxygen atoms in total. The van der Waals surface area contributed by atoms with Gasteiger partial charge in [-0.1, -0.05) is 39.2 Å². The number of carbonyl (C=O) groups is 2. The summed E-state index contributed by atoms with van der Waals surface area (Å²) in [6.07, 6.45) is 12.0. The molecule has 26 heavy (non-hydrogen) atoms. The number of ketones is 1. The van der Waals surface area contributed by atoms with Crippen molar-refractivity contribution in [3.63, 3.8) is 0 Å². The summed E-state index contributed by atoms with van der Waals surface area (Å²) in [6.45, 7) is 5.89. The first-order chi connectivity index (χ1) is 12.4. The maximum Gasteiger partial charge on any atom is 0.330 e. The van der Waals surface area contributed by atoms with Crippen molar-refractivity contribution in [3.8, 4) is 0 Å². The number of Topliss-reactive ketones (excluding diaryl/α,β-unsaturated/α-hetero) is 1. The number of carboxylic acids is 1. The van der Waals surface area contributed by atoms with E-state index in [2.05, 4.69) is 13.8 Å². The molecular weight excluding hydrogens is 328 g/mol. The number of allylic oxidation sites excluding steroid dienone is 1. The van der Waals surface area contributed by atoms with Gasteiger partial charge in [-0.25, -0.2) is 4.79 Å². The van der Waals surface area contributed by atoms with Crippen molar-refractivity contribution in [3.05, 3.63) is 11.6 Å². The summed E-state index contributed by atoms with van der Waals surface area (Å²) in [5, 5.41) is 19.0. The number of aliphatic hydroxyl groups is 1. The SMILES string of the molecule is CCCC(C)C(O)CCC[C@H]1CCC(=O)[C@@H]1CCCCC=C(C)C(=O)O. The number of hydrogen-bond donors (Lipinski definition) is 2. The van der Waals surface area contributed by atoms with E-state index in [-0.39, 0.29) is 12.0 Å². The molecule has 2 unspecified atom stereocenters. The van der Waals surface area contributed by atoms with E-state index < -0.39 is 5.97 Å². The highest BCUT2D eigenvalue weighted by atomic mass is 16.4. The fraction of sp³-hybridized carbons (Fsp3) is 0.818. The fourth-order valence-corrected chi connectivity index (χ4v) is 4.16. The first kappa shape index (κ1) is 22.9. The molecule has 0 amide bonds. The van der Waals surface area contributed by atoms with Gasteiger partial charge in [0.2, 0.25) is 0 Å². The van der Waals surface area contributed by atoms with Crippen molar-refractivity contribution < 1.29 is 19.8 Å². The smallest absolute Gasteiger partial charge is 0.330 e. The van der Waals surface area contributed by atoms with Crippen LogP contribution in [0.5, 0.6) is 0 Å².